The molecule has 0 aliphatic carbocycles. The van der Waals surface area contributed by atoms with Gasteiger partial charge in [0.05, 0.1) is 12.3 Å². The van der Waals surface area contributed by atoms with Crippen LogP contribution in [0.3, 0.4) is 0 Å². The molecular formula is C19H26N2O2. The SMILES string of the molecule is CCOC(=O)c1c(CC)c(-c2c(C)cc(C)cc2C)nn1CC. The average Bonchev–Trinajstić information content (AvgIpc) is 2.84. The zero-order valence-corrected chi connectivity index (χ0v) is 15.0. The van der Waals surface area contributed by atoms with E-state index in [0.29, 0.717) is 18.8 Å². The highest BCUT2D eigenvalue weighted by Crippen LogP contribution is 2.32. The molecule has 23 heavy (non-hydrogen) atoms. The summed E-state index contributed by atoms with van der Waals surface area (Å²) in [6.45, 7) is 13.2. The number of esters is 1. The maximum absolute atomic E-state index is 12.4. The number of nitrogens with zero attached hydrogens (tertiary/aromatic N) is 2. The Balaban J connectivity index is 2.72. The molecule has 1 heterocycles. The standard InChI is InChI=1S/C19H26N2O2/c1-7-15-17(16-13(5)10-12(4)11-14(16)6)20-21(8-2)18(15)19(22)23-9-3/h10-11H,7-9H2,1-6H3. The summed E-state index contributed by atoms with van der Waals surface area (Å²) < 4.78 is 7.01. The van der Waals surface area contributed by atoms with E-state index in [1.165, 1.54) is 16.7 Å². The predicted molar refractivity (Wildman–Crippen MR) is 92.9 cm³/mol. The monoisotopic (exact) mass is 314 g/mol. The molecule has 0 aliphatic heterocycles. The van der Waals surface area contributed by atoms with Gasteiger partial charge in [0.25, 0.3) is 0 Å². The van der Waals surface area contributed by atoms with Crippen LogP contribution >= 0.6 is 0 Å². The summed E-state index contributed by atoms with van der Waals surface area (Å²) in [6, 6.07) is 4.33. The van der Waals surface area contributed by atoms with Crippen LogP contribution in [0.1, 0.15) is 53.5 Å². The van der Waals surface area contributed by atoms with Gasteiger partial charge >= 0.3 is 5.97 Å². The van der Waals surface area contributed by atoms with Gasteiger partial charge in [0.15, 0.2) is 0 Å². The molecule has 0 N–H and O–H groups in total. The summed E-state index contributed by atoms with van der Waals surface area (Å²) in [5.74, 6) is -0.285. The summed E-state index contributed by atoms with van der Waals surface area (Å²) in [5.41, 5.74) is 7.22. The van der Waals surface area contributed by atoms with Crippen LogP contribution < -0.4 is 0 Å². The Labute approximate surface area is 138 Å². The summed E-state index contributed by atoms with van der Waals surface area (Å²) in [4.78, 5) is 12.4. The van der Waals surface area contributed by atoms with E-state index < -0.39 is 0 Å². The largest absolute Gasteiger partial charge is 0.461 e. The van der Waals surface area contributed by atoms with Crippen molar-refractivity contribution >= 4 is 5.97 Å². The highest BCUT2D eigenvalue weighted by Gasteiger charge is 2.25. The molecule has 0 amide bonds. The Morgan fingerprint density at radius 3 is 2.22 bits per heavy atom. The number of carbonyl (C=O) groups excluding carboxylic acids is 1. The van der Waals surface area contributed by atoms with Crippen LogP contribution in [-0.4, -0.2) is 22.4 Å². The third kappa shape index (κ3) is 3.16. The van der Waals surface area contributed by atoms with E-state index in [4.69, 9.17) is 9.84 Å². The van der Waals surface area contributed by atoms with Crippen LogP contribution in [0.4, 0.5) is 0 Å². The molecule has 0 atom stereocenters. The van der Waals surface area contributed by atoms with Gasteiger partial charge in [-0.2, -0.15) is 5.10 Å². The lowest BCUT2D eigenvalue weighted by Crippen LogP contribution is -2.14. The van der Waals surface area contributed by atoms with Crippen LogP contribution in [0.2, 0.25) is 0 Å². The second-order valence-corrected chi connectivity index (χ2v) is 5.84. The molecule has 124 valence electrons. The van der Waals surface area contributed by atoms with E-state index in [2.05, 4.69) is 39.8 Å². The van der Waals surface area contributed by atoms with Crippen molar-refractivity contribution in [3.05, 3.63) is 40.1 Å². The number of carbonyl (C=O) groups is 1. The molecule has 0 spiro atoms. The van der Waals surface area contributed by atoms with E-state index in [0.717, 1.165) is 23.2 Å². The van der Waals surface area contributed by atoms with E-state index in [1.807, 2.05) is 13.8 Å². The molecule has 1 aromatic heterocycles. The van der Waals surface area contributed by atoms with Gasteiger partial charge in [-0.05, 0) is 52.2 Å². The second-order valence-electron chi connectivity index (χ2n) is 5.84. The third-order valence-corrected chi connectivity index (χ3v) is 4.09. The molecule has 0 saturated heterocycles. The summed E-state index contributed by atoms with van der Waals surface area (Å²) in [6.07, 6.45) is 0.746. The molecule has 2 rings (SSSR count). The van der Waals surface area contributed by atoms with Crippen LogP contribution in [-0.2, 0) is 17.7 Å². The Kier molecular flexibility index (Phi) is 5.24. The highest BCUT2D eigenvalue weighted by atomic mass is 16.5. The number of aryl methyl sites for hydroxylation is 4. The molecule has 0 aliphatic rings. The lowest BCUT2D eigenvalue weighted by molar-refractivity contribution is 0.0511. The number of hydrogen-bond acceptors (Lipinski definition) is 3. The third-order valence-electron chi connectivity index (χ3n) is 4.09. The fourth-order valence-corrected chi connectivity index (χ4v) is 3.25. The van der Waals surface area contributed by atoms with Gasteiger partial charge in [0, 0.05) is 17.7 Å². The Bertz CT molecular complexity index is 706. The van der Waals surface area contributed by atoms with Crippen LogP contribution in [0.5, 0.6) is 0 Å². The van der Waals surface area contributed by atoms with E-state index >= 15 is 0 Å². The Morgan fingerprint density at radius 1 is 1.13 bits per heavy atom. The second kappa shape index (κ2) is 6.99. The lowest BCUT2D eigenvalue weighted by atomic mass is 9.94. The minimum Gasteiger partial charge on any atom is -0.461 e. The lowest BCUT2D eigenvalue weighted by Gasteiger charge is -2.11. The quantitative estimate of drug-likeness (QED) is 0.776. The van der Waals surface area contributed by atoms with E-state index in [1.54, 1.807) is 4.68 Å². The molecule has 2 aromatic rings. The zero-order valence-electron chi connectivity index (χ0n) is 15.0. The number of ether oxygens (including phenoxy) is 1. The van der Waals surface area contributed by atoms with E-state index in [9.17, 15) is 4.79 Å². The van der Waals surface area contributed by atoms with Gasteiger partial charge in [0.1, 0.15) is 5.69 Å². The smallest absolute Gasteiger partial charge is 0.356 e. The van der Waals surface area contributed by atoms with Crippen LogP contribution in [0, 0.1) is 20.8 Å². The van der Waals surface area contributed by atoms with Crippen molar-refractivity contribution < 1.29 is 9.53 Å². The summed E-state index contributed by atoms with van der Waals surface area (Å²) >= 11 is 0. The summed E-state index contributed by atoms with van der Waals surface area (Å²) in [7, 11) is 0. The van der Waals surface area contributed by atoms with Crippen molar-refractivity contribution in [2.24, 2.45) is 0 Å². The first-order valence-corrected chi connectivity index (χ1v) is 8.29. The molecular weight excluding hydrogens is 288 g/mol. The highest BCUT2D eigenvalue weighted by molar-refractivity contribution is 5.92. The molecule has 0 bridgehead atoms. The van der Waals surface area contributed by atoms with Gasteiger partial charge in [-0.1, -0.05) is 24.6 Å². The van der Waals surface area contributed by atoms with Gasteiger partial charge in [-0.3, -0.25) is 4.68 Å². The molecule has 0 saturated carbocycles. The molecule has 0 radical (unpaired) electrons. The molecule has 4 nitrogen and oxygen atoms in total. The topological polar surface area (TPSA) is 44.1 Å². The van der Waals surface area contributed by atoms with Gasteiger partial charge in [0.2, 0.25) is 0 Å². The van der Waals surface area contributed by atoms with Crippen molar-refractivity contribution in [1.82, 2.24) is 9.78 Å². The number of benzene rings is 1. The molecule has 1 aromatic carbocycles. The number of aromatic nitrogens is 2. The Morgan fingerprint density at radius 2 is 1.74 bits per heavy atom. The van der Waals surface area contributed by atoms with Crippen molar-refractivity contribution in [3.8, 4) is 11.3 Å². The predicted octanol–water partition coefficient (Wildman–Crippen LogP) is 4.23. The Hall–Kier alpha value is -2.10. The summed E-state index contributed by atoms with van der Waals surface area (Å²) in [5, 5.41) is 4.74. The average molecular weight is 314 g/mol. The van der Waals surface area contributed by atoms with Crippen molar-refractivity contribution in [2.75, 3.05) is 6.61 Å². The normalized spacial score (nSPS) is 10.9. The zero-order chi connectivity index (χ0) is 17.1. The van der Waals surface area contributed by atoms with Crippen molar-refractivity contribution in [1.29, 1.82) is 0 Å². The maximum atomic E-state index is 12.4. The first kappa shape index (κ1) is 17.3. The van der Waals surface area contributed by atoms with Crippen LogP contribution in [0.25, 0.3) is 11.3 Å². The van der Waals surface area contributed by atoms with Gasteiger partial charge < -0.3 is 4.74 Å². The fourth-order valence-electron chi connectivity index (χ4n) is 3.25. The van der Waals surface area contributed by atoms with Crippen molar-refractivity contribution in [2.45, 2.75) is 54.5 Å². The molecule has 0 fully saturated rings. The van der Waals surface area contributed by atoms with Gasteiger partial charge in [-0.25, -0.2) is 4.79 Å². The first-order valence-electron chi connectivity index (χ1n) is 8.29. The van der Waals surface area contributed by atoms with Gasteiger partial charge in [-0.15, -0.1) is 0 Å². The minimum absolute atomic E-state index is 0.285. The van der Waals surface area contributed by atoms with Crippen molar-refractivity contribution in [3.63, 3.8) is 0 Å². The number of hydrogen-bond donors (Lipinski definition) is 0. The van der Waals surface area contributed by atoms with Crippen LogP contribution in [0.15, 0.2) is 12.1 Å². The van der Waals surface area contributed by atoms with E-state index in [-0.39, 0.29) is 5.97 Å². The first-order chi connectivity index (χ1) is 10.9. The molecule has 4 heteroatoms. The minimum atomic E-state index is -0.285. The fraction of sp³-hybridized carbons (Fsp3) is 0.474. The number of rotatable bonds is 5. The molecule has 0 unspecified atom stereocenters. The maximum Gasteiger partial charge on any atom is 0.356 e.